The zero-order chi connectivity index (χ0) is 39.7. The first-order valence-corrected chi connectivity index (χ1v) is 17.8. The standard InChI is InChI=1S/C40H40N4O12/c1-19(45)41-14-13-23-5-10-29-32(15-23)56-40(44-22(4)48)36(51-29)25-7-11-31-34(17-25)53-37(39(55-31)43-21(3)47)26-8-12-30-33(18-26)52-35(38(54-30)42-20(2)46)24-6-9-27(49)28(50)16-24/h5-12,15-18,35-40,49-50H,13-14H2,1-4H3,(H,41,45)(H,42,46)(H,43,47)(H,44,48)/t35-,36-,37+,38+,39-,40+/m0/s1. The molecule has 3 heterocycles. The fourth-order valence-corrected chi connectivity index (χ4v) is 6.62. The first-order valence-electron chi connectivity index (χ1n) is 17.8. The highest BCUT2D eigenvalue weighted by Crippen LogP contribution is 2.47. The van der Waals surface area contributed by atoms with Crippen LogP contribution < -0.4 is 49.7 Å². The Morgan fingerprint density at radius 1 is 0.482 bits per heavy atom. The van der Waals surface area contributed by atoms with Crippen LogP contribution in [0.2, 0.25) is 0 Å². The van der Waals surface area contributed by atoms with E-state index in [4.69, 9.17) is 28.4 Å². The summed E-state index contributed by atoms with van der Waals surface area (Å²) in [5.41, 5.74) is 2.45. The van der Waals surface area contributed by atoms with Crippen LogP contribution in [0, 0.1) is 0 Å². The maximum absolute atomic E-state index is 12.3. The lowest BCUT2D eigenvalue weighted by atomic mass is 10.0. The number of carbonyl (C=O) groups is 4. The second kappa shape index (κ2) is 15.5. The predicted molar refractivity (Wildman–Crippen MR) is 196 cm³/mol. The second-order valence-corrected chi connectivity index (χ2v) is 13.5. The van der Waals surface area contributed by atoms with Crippen LogP contribution in [0.25, 0.3) is 0 Å². The number of benzene rings is 4. The Labute approximate surface area is 321 Å². The number of hydrogen-bond donors (Lipinski definition) is 6. The molecule has 0 saturated carbocycles. The van der Waals surface area contributed by atoms with Crippen LogP contribution in [0.4, 0.5) is 0 Å². The van der Waals surface area contributed by atoms with Gasteiger partial charge >= 0.3 is 0 Å². The monoisotopic (exact) mass is 768 g/mol. The molecule has 7 rings (SSSR count). The van der Waals surface area contributed by atoms with Gasteiger partial charge in [-0.2, -0.15) is 0 Å². The van der Waals surface area contributed by atoms with Crippen molar-refractivity contribution in [1.29, 1.82) is 0 Å². The molecule has 0 unspecified atom stereocenters. The molecule has 0 fully saturated rings. The van der Waals surface area contributed by atoms with Gasteiger partial charge in [-0.05, 0) is 60.5 Å². The summed E-state index contributed by atoms with van der Waals surface area (Å²) >= 11 is 0. The summed E-state index contributed by atoms with van der Waals surface area (Å²) in [6.07, 6.45) is -4.95. The van der Waals surface area contributed by atoms with Crippen LogP contribution in [-0.4, -0.2) is 59.1 Å². The molecule has 0 radical (unpaired) electrons. The van der Waals surface area contributed by atoms with Gasteiger partial charge in [0.05, 0.1) is 0 Å². The quantitative estimate of drug-likeness (QED) is 0.135. The minimum absolute atomic E-state index is 0.126. The van der Waals surface area contributed by atoms with E-state index in [2.05, 4.69) is 21.3 Å². The number of phenols is 2. The summed E-state index contributed by atoms with van der Waals surface area (Å²) < 4.78 is 38.0. The molecule has 6 atom stereocenters. The van der Waals surface area contributed by atoms with Crippen molar-refractivity contribution in [3.8, 4) is 46.0 Å². The molecule has 0 bridgehead atoms. The van der Waals surface area contributed by atoms with E-state index in [1.54, 1.807) is 42.5 Å². The van der Waals surface area contributed by atoms with Gasteiger partial charge in [0.15, 0.2) is 64.3 Å². The molecule has 3 aliphatic heterocycles. The lowest BCUT2D eigenvalue weighted by molar-refractivity contribution is -0.125. The van der Waals surface area contributed by atoms with Gasteiger partial charge in [-0.15, -0.1) is 0 Å². The van der Waals surface area contributed by atoms with Crippen LogP contribution in [0.15, 0.2) is 72.8 Å². The van der Waals surface area contributed by atoms with Gasteiger partial charge in [-0.3, -0.25) is 19.2 Å². The Morgan fingerprint density at radius 2 is 0.893 bits per heavy atom. The van der Waals surface area contributed by atoms with Gasteiger partial charge in [-0.25, -0.2) is 0 Å². The van der Waals surface area contributed by atoms with E-state index in [1.165, 1.54) is 45.9 Å². The summed E-state index contributed by atoms with van der Waals surface area (Å²) in [6, 6.07) is 19.8. The first kappa shape index (κ1) is 37.5. The van der Waals surface area contributed by atoms with E-state index in [0.29, 0.717) is 58.4 Å². The Bertz CT molecular complexity index is 2190. The molecule has 6 N–H and O–H groups in total. The molecule has 16 heteroatoms. The Kier molecular flexibility index (Phi) is 10.4. The van der Waals surface area contributed by atoms with Crippen LogP contribution >= 0.6 is 0 Å². The molecule has 4 amide bonds. The van der Waals surface area contributed by atoms with Crippen LogP contribution in [0.1, 0.15) is 68.3 Å². The van der Waals surface area contributed by atoms with Crippen molar-refractivity contribution in [2.45, 2.75) is 71.1 Å². The minimum Gasteiger partial charge on any atom is -0.504 e. The van der Waals surface area contributed by atoms with Gasteiger partial charge in [0.25, 0.3) is 0 Å². The zero-order valence-corrected chi connectivity index (χ0v) is 30.8. The van der Waals surface area contributed by atoms with Crippen molar-refractivity contribution in [1.82, 2.24) is 21.3 Å². The molecule has 292 valence electrons. The van der Waals surface area contributed by atoms with E-state index in [1.807, 2.05) is 12.1 Å². The molecule has 0 saturated heterocycles. The number of nitrogens with one attached hydrogen (secondary N) is 4. The summed E-state index contributed by atoms with van der Waals surface area (Å²) in [4.78, 5) is 48.0. The fraction of sp³-hybridized carbons (Fsp3) is 0.300. The molecule has 0 aromatic heterocycles. The second-order valence-electron chi connectivity index (χ2n) is 13.5. The SMILES string of the molecule is CC(=O)NCCc1ccc2c(c1)O[C@@H](NC(C)=O)[C@H](c1ccc3c(c1)O[C@H](c1ccc4c(c1)O[C@@H](c1ccc(O)c(O)c1)[C@H](NC(C)=O)O4)[C@@H](NC(C)=O)O3)O2. The third kappa shape index (κ3) is 8.13. The fourth-order valence-electron chi connectivity index (χ4n) is 6.62. The Morgan fingerprint density at radius 3 is 1.38 bits per heavy atom. The highest BCUT2D eigenvalue weighted by atomic mass is 16.6. The van der Waals surface area contributed by atoms with Crippen molar-refractivity contribution in [2.24, 2.45) is 0 Å². The number of carbonyl (C=O) groups excluding carboxylic acids is 4. The highest BCUT2D eigenvalue weighted by molar-refractivity contribution is 5.74. The molecular formula is C40H40N4O12. The maximum Gasteiger partial charge on any atom is 0.219 e. The minimum atomic E-state index is -0.974. The summed E-state index contributed by atoms with van der Waals surface area (Å²) in [7, 11) is 0. The van der Waals surface area contributed by atoms with E-state index < -0.39 is 37.0 Å². The largest absolute Gasteiger partial charge is 0.504 e. The topological polar surface area (TPSA) is 212 Å². The molecule has 56 heavy (non-hydrogen) atoms. The first-order chi connectivity index (χ1) is 26.8. The number of phenolic OH excluding ortho intramolecular Hbond substituents is 2. The molecule has 4 aromatic rings. The number of fused-ring (bicyclic) bond motifs is 3. The summed E-state index contributed by atoms with van der Waals surface area (Å²) in [5, 5.41) is 31.2. The van der Waals surface area contributed by atoms with Crippen LogP contribution in [0.5, 0.6) is 46.0 Å². The third-order valence-corrected chi connectivity index (χ3v) is 9.10. The Hall–Kier alpha value is -6.84. The van der Waals surface area contributed by atoms with E-state index in [-0.39, 0.29) is 40.9 Å². The number of rotatable bonds is 9. The zero-order valence-electron chi connectivity index (χ0n) is 30.8. The molecule has 4 aromatic carbocycles. The number of ether oxygens (including phenoxy) is 6. The number of aromatic hydroxyl groups is 2. The predicted octanol–water partition coefficient (Wildman–Crippen LogP) is 3.70. The van der Waals surface area contributed by atoms with Crippen molar-refractivity contribution in [2.75, 3.05) is 6.54 Å². The molecular weight excluding hydrogens is 728 g/mol. The lowest BCUT2D eigenvalue weighted by Crippen LogP contribution is -2.47. The number of hydrogen-bond acceptors (Lipinski definition) is 12. The lowest BCUT2D eigenvalue weighted by Gasteiger charge is -2.37. The Balaban J connectivity index is 1.18. The van der Waals surface area contributed by atoms with Crippen molar-refractivity contribution in [3.05, 3.63) is 95.1 Å². The van der Waals surface area contributed by atoms with Crippen molar-refractivity contribution in [3.63, 3.8) is 0 Å². The number of amides is 4. The third-order valence-electron chi connectivity index (χ3n) is 9.10. The van der Waals surface area contributed by atoms with Gasteiger partial charge in [0.1, 0.15) is 0 Å². The van der Waals surface area contributed by atoms with E-state index in [0.717, 1.165) is 5.56 Å². The maximum atomic E-state index is 12.3. The van der Waals surface area contributed by atoms with E-state index >= 15 is 0 Å². The average molecular weight is 769 g/mol. The summed E-state index contributed by atoms with van der Waals surface area (Å²) in [6.45, 7) is 5.97. The summed E-state index contributed by atoms with van der Waals surface area (Å²) in [5.74, 6) is 0.212. The van der Waals surface area contributed by atoms with Gasteiger partial charge in [-0.1, -0.05) is 24.3 Å². The molecule has 0 spiro atoms. The van der Waals surface area contributed by atoms with Crippen molar-refractivity contribution < 1.29 is 57.8 Å². The van der Waals surface area contributed by atoms with E-state index in [9.17, 15) is 29.4 Å². The van der Waals surface area contributed by atoms with Crippen LogP contribution in [0.3, 0.4) is 0 Å². The smallest absolute Gasteiger partial charge is 0.219 e. The van der Waals surface area contributed by atoms with Gasteiger partial charge in [0.2, 0.25) is 42.3 Å². The van der Waals surface area contributed by atoms with Crippen LogP contribution in [-0.2, 0) is 25.6 Å². The molecule has 3 aliphatic rings. The molecule has 0 aliphatic carbocycles. The van der Waals surface area contributed by atoms with Crippen molar-refractivity contribution >= 4 is 23.6 Å². The van der Waals surface area contributed by atoms with Gasteiger partial charge < -0.3 is 59.9 Å². The van der Waals surface area contributed by atoms with Gasteiger partial charge in [0, 0.05) is 50.9 Å². The average Bonchev–Trinajstić information content (AvgIpc) is 3.14. The normalized spacial score (nSPS) is 21.6. The highest BCUT2D eigenvalue weighted by Gasteiger charge is 2.40. The molecule has 16 nitrogen and oxygen atoms in total.